The third kappa shape index (κ3) is 11.7. The minimum Gasteiger partial charge on any atom is -0.453 e. The average molecular weight is 760 g/mol. The first-order chi connectivity index (χ1) is 27.2. The van der Waals surface area contributed by atoms with Gasteiger partial charge in [0.1, 0.15) is 17.8 Å². The van der Waals surface area contributed by atoms with Crippen molar-refractivity contribution in [2.24, 2.45) is 5.73 Å². The Labute approximate surface area is 329 Å². The molecule has 12 nitrogen and oxygen atoms in total. The molecular weight excluding hydrogens is 707 g/mol. The van der Waals surface area contributed by atoms with Gasteiger partial charge in [-0.1, -0.05) is 92.7 Å². The number of rotatable bonds is 14. The van der Waals surface area contributed by atoms with Crippen LogP contribution in [0.25, 0.3) is 33.6 Å². The first kappa shape index (κ1) is 42.6. The Hall–Kier alpha value is -6.19. The number of nitrogens with zero attached hydrogens (tertiary/aromatic N) is 4. The van der Waals surface area contributed by atoms with Crippen LogP contribution in [-0.4, -0.2) is 80.6 Å². The fraction of sp³-hybridized carbons (Fsp3) is 0.341. The molecule has 6 rings (SSSR count). The standard InChI is InChI=1S/C40H46N6O3.C2H5NO2.C2H2/c1-4-21-45(39(47)28(3)29-10-7-6-8-11-29)26-37-41-24-34(43-37)32-17-13-30(14-18-32)31-15-19-33(20-16-31)35-25-42-38(44-35)27-46(22-5-2)40(48)36-12-9-23-49-36;1-5-2(3)4;1-2/h6-8,10-11,13-20,24-25,28,36H,4-5,9,12,21-23,26-27H2,1-3H3,(H,41,43)(H,42,44);1H3,(H2,3,4);1-2H/t28-,36-;;/m1../s1. The molecular formula is C44H53N7O5. The highest BCUT2D eigenvalue weighted by Gasteiger charge is 2.28. The maximum Gasteiger partial charge on any atom is 0.404 e. The predicted molar refractivity (Wildman–Crippen MR) is 219 cm³/mol. The second-order valence-corrected chi connectivity index (χ2v) is 13.3. The Bertz CT molecular complexity index is 1980. The van der Waals surface area contributed by atoms with Crippen LogP contribution in [-0.2, 0) is 32.2 Å². The number of carbonyl (C=O) groups is 3. The number of hydrogen-bond donors (Lipinski definition) is 3. The molecule has 1 aliphatic heterocycles. The van der Waals surface area contributed by atoms with E-state index >= 15 is 0 Å². The number of terminal acetylenes is 1. The van der Waals surface area contributed by atoms with Crippen molar-refractivity contribution >= 4 is 17.9 Å². The van der Waals surface area contributed by atoms with Gasteiger partial charge in [0.05, 0.1) is 49.9 Å². The van der Waals surface area contributed by atoms with Crippen LogP contribution in [0.3, 0.4) is 0 Å². The fourth-order valence-corrected chi connectivity index (χ4v) is 6.43. The molecule has 1 saturated heterocycles. The summed E-state index contributed by atoms with van der Waals surface area (Å²) in [6, 6.07) is 26.7. The zero-order valence-corrected chi connectivity index (χ0v) is 32.7. The number of methoxy groups -OCH3 is 1. The van der Waals surface area contributed by atoms with Gasteiger partial charge in [0, 0.05) is 19.7 Å². The molecule has 294 valence electrons. The largest absolute Gasteiger partial charge is 0.453 e. The number of aromatic nitrogens is 4. The summed E-state index contributed by atoms with van der Waals surface area (Å²) in [5.41, 5.74) is 11.6. The topological polar surface area (TPSA) is 160 Å². The molecule has 3 heterocycles. The Balaban J connectivity index is 0.000000922. The van der Waals surface area contributed by atoms with Crippen molar-refractivity contribution in [2.45, 2.75) is 71.6 Å². The number of aromatic amines is 2. The van der Waals surface area contributed by atoms with Crippen LogP contribution < -0.4 is 5.73 Å². The number of H-pyrrole nitrogens is 2. The van der Waals surface area contributed by atoms with Gasteiger partial charge in [-0.15, -0.1) is 12.8 Å². The summed E-state index contributed by atoms with van der Waals surface area (Å²) in [6.07, 6.45) is 14.1. The molecule has 0 radical (unpaired) electrons. The zero-order valence-electron chi connectivity index (χ0n) is 32.7. The van der Waals surface area contributed by atoms with Crippen molar-refractivity contribution in [3.8, 4) is 46.5 Å². The highest BCUT2D eigenvalue weighted by atomic mass is 16.5. The van der Waals surface area contributed by atoms with Crippen LogP contribution in [0.4, 0.5) is 4.79 Å². The van der Waals surface area contributed by atoms with Crippen LogP contribution in [0.1, 0.15) is 69.6 Å². The van der Waals surface area contributed by atoms with E-state index in [0.717, 1.165) is 76.5 Å². The SMILES string of the molecule is C#C.CCCN(Cc1ncc(-c2ccc(-c3ccc(-c4cnc(CN(CCC)C(=O)[C@H](C)c5ccccc5)[nH]4)cc3)cc2)[nH]1)C(=O)[C@H]1CCCO1.COC(N)=O. The number of primary amides is 1. The Morgan fingerprint density at radius 3 is 1.71 bits per heavy atom. The van der Waals surface area contributed by atoms with Crippen LogP contribution in [0.5, 0.6) is 0 Å². The molecule has 2 atom stereocenters. The minimum absolute atomic E-state index is 0.0555. The molecule has 0 unspecified atom stereocenters. The van der Waals surface area contributed by atoms with E-state index in [4.69, 9.17) is 4.74 Å². The van der Waals surface area contributed by atoms with Gasteiger partial charge in [0.2, 0.25) is 5.91 Å². The highest BCUT2D eigenvalue weighted by molar-refractivity contribution is 5.83. The van der Waals surface area contributed by atoms with Crippen molar-refractivity contribution in [2.75, 3.05) is 26.8 Å². The van der Waals surface area contributed by atoms with Gasteiger partial charge in [-0.25, -0.2) is 14.8 Å². The number of amides is 3. The molecule has 12 heteroatoms. The lowest BCUT2D eigenvalue weighted by Gasteiger charge is -2.25. The van der Waals surface area contributed by atoms with Gasteiger partial charge in [-0.2, -0.15) is 0 Å². The van der Waals surface area contributed by atoms with Crippen molar-refractivity contribution in [3.05, 3.63) is 108 Å². The van der Waals surface area contributed by atoms with E-state index in [1.54, 1.807) is 0 Å². The molecule has 4 N–H and O–H groups in total. The van der Waals surface area contributed by atoms with E-state index in [0.29, 0.717) is 32.8 Å². The molecule has 2 aromatic heterocycles. The molecule has 5 aromatic rings. The number of nitrogens with one attached hydrogen (secondary N) is 2. The molecule has 0 aliphatic carbocycles. The summed E-state index contributed by atoms with van der Waals surface area (Å²) in [5.74, 6) is 1.49. The summed E-state index contributed by atoms with van der Waals surface area (Å²) < 4.78 is 9.53. The van der Waals surface area contributed by atoms with Crippen LogP contribution in [0, 0.1) is 12.8 Å². The van der Waals surface area contributed by atoms with Gasteiger partial charge in [-0.3, -0.25) is 9.59 Å². The van der Waals surface area contributed by atoms with E-state index in [1.807, 2.05) is 59.4 Å². The van der Waals surface area contributed by atoms with Gasteiger partial charge < -0.3 is 35.0 Å². The summed E-state index contributed by atoms with van der Waals surface area (Å²) in [5, 5.41) is 0. The summed E-state index contributed by atoms with van der Waals surface area (Å²) in [7, 11) is 1.22. The van der Waals surface area contributed by atoms with E-state index in [9.17, 15) is 14.4 Å². The van der Waals surface area contributed by atoms with E-state index in [-0.39, 0.29) is 23.8 Å². The number of ether oxygens (including phenoxy) is 2. The molecule has 56 heavy (non-hydrogen) atoms. The van der Waals surface area contributed by atoms with Gasteiger partial charge >= 0.3 is 6.09 Å². The molecule has 1 aliphatic rings. The molecule has 0 bridgehead atoms. The molecule has 0 spiro atoms. The quantitative estimate of drug-likeness (QED) is 0.0986. The number of nitrogens with two attached hydrogens (primary N) is 1. The monoisotopic (exact) mass is 759 g/mol. The smallest absolute Gasteiger partial charge is 0.404 e. The van der Waals surface area contributed by atoms with Crippen molar-refractivity contribution in [1.82, 2.24) is 29.7 Å². The van der Waals surface area contributed by atoms with Gasteiger partial charge in [0.25, 0.3) is 5.91 Å². The summed E-state index contributed by atoms with van der Waals surface area (Å²) >= 11 is 0. The second kappa shape index (κ2) is 21.6. The Kier molecular flexibility index (Phi) is 16.4. The predicted octanol–water partition coefficient (Wildman–Crippen LogP) is 7.55. The molecule has 3 amide bonds. The third-order valence-corrected chi connectivity index (χ3v) is 9.35. The molecule has 0 saturated carbocycles. The zero-order chi connectivity index (χ0) is 40.5. The number of benzene rings is 3. The normalized spacial score (nSPS) is 13.6. The fourth-order valence-electron chi connectivity index (χ4n) is 6.43. The number of carbonyl (C=O) groups excluding carboxylic acids is 3. The number of imidazole rings is 2. The van der Waals surface area contributed by atoms with E-state index in [1.165, 1.54) is 7.11 Å². The first-order valence-corrected chi connectivity index (χ1v) is 18.9. The summed E-state index contributed by atoms with van der Waals surface area (Å²) in [4.78, 5) is 55.5. The van der Waals surface area contributed by atoms with Crippen molar-refractivity contribution < 1.29 is 23.9 Å². The lowest BCUT2D eigenvalue weighted by molar-refractivity contribution is -0.141. The average Bonchev–Trinajstić information content (AvgIpc) is 4.05. The van der Waals surface area contributed by atoms with Gasteiger partial charge in [0.15, 0.2) is 0 Å². The minimum atomic E-state index is -0.745. The number of hydrogen-bond acceptors (Lipinski definition) is 7. The Morgan fingerprint density at radius 1 is 0.804 bits per heavy atom. The molecule has 3 aromatic carbocycles. The second-order valence-electron chi connectivity index (χ2n) is 13.3. The lowest BCUT2D eigenvalue weighted by atomic mass is 9.99. The maximum atomic E-state index is 13.4. The maximum absolute atomic E-state index is 13.4. The first-order valence-electron chi connectivity index (χ1n) is 18.9. The molecule has 1 fully saturated rings. The van der Waals surface area contributed by atoms with Crippen molar-refractivity contribution in [3.63, 3.8) is 0 Å². The Morgan fingerprint density at radius 2 is 1.27 bits per heavy atom. The van der Waals surface area contributed by atoms with Crippen LogP contribution in [0.2, 0.25) is 0 Å². The van der Waals surface area contributed by atoms with Crippen LogP contribution in [0.15, 0.2) is 91.3 Å². The third-order valence-electron chi connectivity index (χ3n) is 9.35. The van der Waals surface area contributed by atoms with Crippen molar-refractivity contribution in [1.29, 1.82) is 0 Å². The lowest BCUT2D eigenvalue weighted by Crippen LogP contribution is -2.39. The van der Waals surface area contributed by atoms with Gasteiger partial charge in [-0.05, 0) is 60.4 Å². The van der Waals surface area contributed by atoms with Crippen LogP contribution >= 0.6 is 0 Å². The van der Waals surface area contributed by atoms with E-state index in [2.05, 4.69) is 106 Å². The highest BCUT2D eigenvalue weighted by Crippen LogP contribution is 2.27. The summed E-state index contributed by atoms with van der Waals surface area (Å²) in [6.45, 7) is 9.03. The van der Waals surface area contributed by atoms with E-state index < -0.39 is 6.09 Å².